The molecule has 2 aromatic rings. The van der Waals surface area contributed by atoms with Gasteiger partial charge >= 0.3 is 68.7 Å². The second-order valence-corrected chi connectivity index (χ2v) is 21.6. The Labute approximate surface area is 329 Å². The van der Waals surface area contributed by atoms with Crippen LogP contribution < -0.4 is 19.2 Å². The van der Waals surface area contributed by atoms with E-state index in [2.05, 4.69) is 120 Å². The molecular weight excluding hydrogens is 992 g/mol. The number of para-hydroxylation sites is 2. The van der Waals surface area contributed by atoms with Gasteiger partial charge in [0.1, 0.15) is 26.4 Å². The molecule has 0 aliphatic carbocycles. The summed E-state index contributed by atoms with van der Waals surface area (Å²) in [7, 11) is 0. The molecule has 6 nitrogen and oxygen atoms in total. The molecule has 0 spiro atoms. The van der Waals surface area contributed by atoms with Gasteiger partial charge in [0.05, 0.1) is 0 Å². The van der Waals surface area contributed by atoms with E-state index in [1.165, 1.54) is 33.9 Å². The minimum absolute atomic E-state index is 0. The van der Waals surface area contributed by atoms with Crippen LogP contribution in [-0.4, -0.2) is 128 Å². The van der Waals surface area contributed by atoms with Crippen molar-refractivity contribution < 1.29 is 56.2 Å². The summed E-state index contributed by atoms with van der Waals surface area (Å²) < 4.78 is 115. The molecule has 4 heterocycles. The third-order valence-electron chi connectivity index (χ3n) is 9.59. The van der Waals surface area contributed by atoms with Crippen molar-refractivity contribution in [1.29, 1.82) is 0 Å². The minimum atomic E-state index is -9.19. The molecule has 0 aromatic heterocycles. The normalized spacial score (nSPS) is 21.3. The number of hydrogen-bond donors (Lipinski definition) is 0. The summed E-state index contributed by atoms with van der Waals surface area (Å²) in [5.74, 6) is 0. The first-order chi connectivity index (χ1) is 24.8. The van der Waals surface area contributed by atoms with E-state index < -0.39 is 40.6 Å². The van der Waals surface area contributed by atoms with Crippen LogP contribution in [0.15, 0.2) is 72.1 Å². The molecule has 0 amide bonds. The van der Waals surface area contributed by atoms with Crippen molar-refractivity contribution in [2.75, 3.05) is 75.5 Å². The molecule has 4 aliphatic rings. The number of benzene rings is 2. The standard InChI is InChI=1S/C36H48N4O2.12FH.2Sb/c1-35(2)29-11-5-7-13-31(29)39(33(35)15-19-37-21-25-41-26-22-37)17-9-10-18-40-32-14-8-6-12-30(32)36(3,4)34(40)16-20-38-23-27-42-28-24-38;;;;;;;;;;;;;;/h5-8,11-16,19-20H,9-10,17-18,21-28H2,1-4H3;12*1H;;/q+2;;;;;;;;;;;;;2*+5/p-12. The second kappa shape index (κ2) is 19.1. The van der Waals surface area contributed by atoms with E-state index in [-0.39, 0.29) is 20.2 Å². The first kappa shape index (κ1) is 49.7. The number of rotatable bonds is 7. The number of halogens is 12. The van der Waals surface area contributed by atoms with Gasteiger partial charge < -0.3 is 28.7 Å². The maximum atomic E-state index is 9.91. The van der Waals surface area contributed by atoms with E-state index in [4.69, 9.17) is 9.47 Å². The van der Waals surface area contributed by atoms with Crippen LogP contribution in [0.5, 0.6) is 0 Å². The van der Waals surface area contributed by atoms with Crippen molar-refractivity contribution in [2.45, 2.75) is 51.4 Å². The van der Waals surface area contributed by atoms with Crippen LogP contribution in [0.2, 0.25) is 0 Å². The third kappa shape index (κ3) is 15.4. The van der Waals surface area contributed by atoms with Crippen LogP contribution in [0.25, 0.3) is 0 Å². The number of ether oxygens (including phenoxy) is 2. The quantitative estimate of drug-likeness (QED) is 0.185. The summed E-state index contributed by atoms with van der Waals surface area (Å²) in [5, 5.41) is 0. The van der Waals surface area contributed by atoms with Crippen molar-refractivity contribution in [1.82, 2.24) is 0 Å². The van der Waals surface area contributed by atoms with Crippen LogP contribution in [-0.2, 0) is 20.3 Å². The molecular formula is C36H48F12N4O2Sb2. The van der Waals surface area contributed by atoms with Crippen LogP contribution in [0, 0.1) is 0 Å². The number of morpholine rings is 2. The Hall–Kier alpha value is -2.42. The fraction of sp³-hybridized carbons (Fsp3) is 0.500. The fourth-order valence-electron chi connectivity index (χ4n) is 7.11. The van der Waals surface area contributed by atoms with E-state index in [1.807, 2.05) is 0 Å². The number of nitrogens with zero attached hydrogens (tertiary/aromatic N) is 4. The van der Waals surface area contributed by atoms with Crippen molar-refractivity contribution in [3.63, 3.8) is 0 Å². The molecule has 0 N–H and O–H groups in total. The van der Waals surface area contributed by atoms with Crippen molar-refractivity contribution >= 4 is 64.4 Å². The Morgan fingerprint density at radius 1 is 0.554 bits per heavy atom. The van der Waals surface area contributed by atoms with E-state index in [9.17, 15) is 28.1 Å². The van der Waals surface area contributed by atoms with Crippen molar-refractivity contribution in [2.24, 2.45) is 0 Å². The van der Waals surface area contributed by atoms with Gasteiger partial charge in [-0.2, -0.15) is 0 Å². The van der Waals surface area contributed by atoms with Crippen LogP contribution in [0.3, 0.4) is 0 Å². The molecule has 2 fully saturated rings. The monoisotopic (exact) mass is 1040 g/mol. The molecule has 56 heavy (non-hydrogen) atoms. The van der Waals surface area contributed by atoms with Gasteiger partial charge in [0.25, 0.3) is 0 Å². The van der Waals surface area contributed by atoms with E-state index in [0.717, 1.165) is 78.5 Å². The van der Waals surface area contributed by atoms with E-state index in [0.29, 0.717) is 0 Å². The van der Waals surface area contributed by atoms with Gasteiger partial charge in [0, 0.05) is 58.8 Å². The third-order valence-corrected chi connectivity index (χ3v) is 9.59. The van der Waals surface area contributed by atoms with Gasteiger partial charge in [0.2, 0.25) is 0 Å². The first-order valence-corrected chi connectivity index (χ1v) is 27.2. The van der Waals surface area contributed by atoms with Gasteiger partial charge in [0.15, 0.2) is 38.6 Å². The predicted molar refractivity (Wildman–Crippen MR) is 195 cm³/mol. The maximum absolute atomic E-state index is 9.91. The summed E-state index contributed by atoms with van der Waals surface area (Å²) in [6.07, 6.45) is 11.6. The molecule has 4 aliphatic heterocycles. The molecule has 20 heteroatoms. The van der Waals surface area contributed by atoms with E-state index in [1.54, 1.807) is 0 Å². The fourth-order valence-corrected chi connectivity index (χ4v) is 7.11. The van der Waals surface area contributed by atoms with Gasteiger partial charge in [-0.1, -0.05) is 64.1 Å². The molecule has 318 valence electrons. The molecule has 0 unspecified atom stereocenters. The Kier molecular flexibility index (Phi) is 17.0. The number of unbranched alkanes of at least 4 members (excludes halogenated alkanes) is 1. The number of allylic oxidation sites excluding steroid dienone is 4. The molecule has 2 saturated heterocycles. The summed E-state index contributed by atoms with van der Waals surface area (Å²) in [4.78, 5) is 5.16. The second-order valence-electron chi connectivity index (χ2n) is 14.3. The van der Waals surface area contributed by atoms with Gasteiger partial charge in [-0.05, 0) is 36.1 Å². The SMILES string of the molecule is CC1(C)C(=CC=[N+]2CCOCC2)N(CCCCN2C(=CC=[N+]3CCOCC3)C(C)(C)c3ccccc32)c2ccccc21.[F-].[F-].[F][Sb]([F])([F])([F])[F].[F][Sb]([F])([F])([F])[F]. The predicted octanol–water partition coefficient (Wildman–Crippen LogP) is 2.81. The summed E-state index contributed by atoms with van der Waals surface area (Å²) in [5.41, 5.74) is 8.30. The average Bonchev–Trinajstić information content (AvgIpc) is 3.41. The zero-order valence-corrected chi connectivity index (χ0v) is 36.6. The molecule has 0 radical (unpaired) electrons. The molecule has 0 bridgehead atoms. The Balaban J connectivity index is 0.000000676. The number of hydrogen-bond acceptors (Lipinski definition) is 4. The first-order valence-electron chi connectivity index (χ1n) is 17.6. The van der Waals surface area contributed by atoms with Crippen LogP contribution in [0.4, 0.5) is 39.5 Å². The zero-order chi connectivity index (χ0) is 40.1. The Morgan fingerprint density at radius 2 is 0.839 bits per heavy atom. The molecule has 0 saturated carbocycles. The van der Waals surface area contributed by atoms with E-state index >= 15 is 0 Å². The van der Waals surface area contributed by atoms with Crippen molar-refractivity contribution in [3.05, 3.63) is 83.2 Å². The molecule has 2 aromatic carbocycles. The van der Waals surface area contributed by atoms with Gasteiger partial charge in [-0.15, -0.1) is 0 Å². The Bertz CT molecular complexity index is 1590. The van der Waals surface area contributed by atoms with Crippen molar-refractivity contribution in [3.8, 4) is 0 Å². The summed E-state index contributed by atoms with van der Waals surface area (Å²) in [6.45, 7) is 18.6. The Morgan fingerprint density at radius 3 is 1.14 bits per heavy atom. The molecule has 0 atom stereocenters. The average molecular weight is 1040 g/mol. The van der Waals surface area contributed by atoms with Crippen LogP contribution in [0.1, 0.15) is 51.7 Å². The van der Waals surface area contributed by atoms with Gasteiger partial charge in [-0.25, -0.2) is 9.15 Å². The topological polar surface area (TPSA) is 31.0 Å². The number of fused-ring (bicyclic) bond motifs is 2. The number of anilines is 2. The van der Waals surface area contributed by atoms with Gasteiger partial charge in [-0.3, -0.25) is 0 Å². The summed E-state index contributed by atoms with van der Waals surface area (Å²) in [6, 6.07) is 17.9. The summed E-state index contributed by atoms with van der Waals surface area (Å²) >= 11 is -18.4. The molecule has 6 rings (SSSR count). The zero-order valence-electron chi connectivity index (χ0n) is 31.4. The van der Waals surface area contributed by atoms with Crippen LogP contribution >= 0.6 is 0 Å².